The Morgan fingerprint density at radius 1 is 1.15 bits per heavy atom. The maximum Gasteiger partial charge on any atom is 0.138 e. The summed E-state index contributed by atoms with van der Waals surface area (Å²) in [7, 11) is 0. The molecule has 0 radical (unpaired) electrons. The van der Waals surface area contributed by atoms with Gasteiger partial charge in [0.15, 0.2) is 0 Å². The number of nitrogens with one attached hydrogen (secondary N) is 2. The van der Waals surface area contributed by atoms with E-state index in [0.29, 0.717) is 6.04 Å². The molecule has 0 amide bonds. The second-order valence-corrected chi connectivity index (χ2v) is 6.76. The van der Waals surface area contributed by atoms with Crippen molar-refractivity contribution in [2.75, 3.05) is 17.2 Å². The van der Waals surface area contributed by atoms with Crippen LogP contribution in [0.2, 0.25) is 0 Å². The number of nitrogens with zero attached hydrogens (tertiary/aromatic N) is 2. The smallest absolute Gasteiger partial charge is 0.138 e. The van der Waals surface area contributed by atoms with Crippen LogP contribution in [0.3, 0.4) is 0 Å². The molecule has 1 fully saturated rings. The van der Waals surface area contributed by atoms with E-state index in [2.05, 4.69) is 43.3 Å². The van der Waals surface area contributed by atoms with Gasteiger partial charge in [-0.05, 0) is 19.3 Å². The summed E-state index contributed by atoms with van der Waals surface area (Å²) in [4.78, 5) is 9.37. The van der Waals surface area contributed by atoms with Gasteiger partial charge in [0.05, 0.1) is 0 Å². The van der Waals surface area contributed by atoms with E-state index in [0.717, 1.165) is 30.4 Å². The molecule has 1 aliphatic rings. The molecular formula is C16H28N4. The highest BCUT2D eigenvalue weighted by Gasteiger charge is 2.21. The molecule has 2 rings (SSSR count). The van der Waals surface area contributed by atoms with Crippen molar-refractivity contribution in [3.63, 3.8) is 0 Å². The van der Waals surface area contributed by atoms with Gasteiger partial charge in [-0.15, -0.1) is 0 Å². The maximum absolute atomic E-state index is 4.71. The first-order chi connectivity index (χ1) is 9.49. The van der Waals surface area contributed by atoms with Crippen molar-refractivity contribution in [1.29, 1.82) is 0 Å². The predicted molar refractivity (Wildman–Crippen MR) is 85.4 cm³/mol. The van der Waals surface area contributed by atoms with Gasteiger partial charge < -0.3 is 10.6 Å². The van der Waals surface area contributed by atoms with Crippen LogP contribution in [0.4, 0.5) is 11.6 Å². The lowest BCUT2D eigenvalue weighted by atomic mass is 9.96. The number of hydrogen-bond donors (Lipinski definition) is 2. The van der Waals surface area contributed by atoms with Crippen LogP contribution < -0.4 is 10.6 Å². The molecule has 0 unspecified atom stereocenters. The predicted octanol–water partition coefficient (Wildman–Crippen LogP) is 3.95. The van der Waals surface area contributed by atoms with E-state index in [4.69, 9.17) is 4.98 Å². The molecule has 0 spiro atoms. The summed E-state index contributed by atoms with van der Waals surface area (Å²) in [6.07, 6.45) is 6.27. The molecule has 1 saturated carbocycles. The molecule has 1 aromatic rings. The van der Waals surface area contributed by atoms with E-state index in [1.165, 1.54) is 25.7 Å². The quantitative estimate of drug-likeness (QED) is 0.855. The van der Waals surface area contributed by atoms with Crippen molar-refractivity contribution >= 4 is 11.6 Å². The van der Waals surface area contributed by atoms with E-state index in [1.54, 1.807) is 0 Å². The lowest BCUT2D eigenvalue weighted by molar-refractivity contribution is 0.546. The Balaban J connectivity index is 2.19. The highest BCUT2D eigenvalue weighted by molar-refractivity contribution is 5.48. The molecule has 0 bridgehead atoms. The third-order valence-electron chi connectivity index (χ3n) is 3.66. The van der Waals surface area contributed by atoms with Crippen molar-refractivity contribution in [2.24, 2.45) is 0 Å². The zero-order chi connectivity index (χ0) is 14.6. The van der Waals surface area contributed by atoms with Gasteiger partial charge in [-0.2, -0.15) is 0 Å². The maximum atomic E-state index is 4.71. The van der Waals surface area contributed by atoms with Crippen LogP contribution in [0.5, 0.6) is 0 Å². The van der Waals surface area contributed by atoms with Gasteiger partial charge >= 0.3 is 0 Å². The lowest BCUT2D eigenvalue weighted by Gasteiger charge is -2.20. The monoisotopic (exact) mass is 276 g/mol. The van der Waals surface area contributed by atoms with E-state index in [-0.39, 0.29) is 5.41 Å². The third kappa shape index (κ3) is 4.09. The van der Waals surface area contributed by atoms with Gasteiger partial charge in [-0.1, -0.05) is 40.5 Å². The molecule has 20 heavy (non-hydrogen) atoms. The first kappa shape index (κ1) is 15.1. The SMILES string of the molecule is CCCNc1cc(NC2CCCC2)nc(C(C)(C)C)n1. The fourth-order valence-electron chi connectivity index (χ4n) is 2.48. The van der Waals surface area contributed by atoms with Gasteiger partial charge in [0.1, 0.15) is 17.5 Å². The largest absolute Gasteiger partial charge is 0.370 e. The molecule has 112 valence electrons. The van der Waals surface area contributed by atoms with Crippen molar-refractivity contribution in [3.8, 4) is 0 Å². The molecular weight excluding hydrogens is 248 g/mol. The van der Waals surface area contributed by atoms with Crippen LogP contribution in [0.25, 0.3) is 0 Å². The van der Waals surface area contributed by atoms with Gasteiger partial charge in [0.2, 0.25) is 0 Å². The van der Waals surface area contributed by atoms with Crippen molar-refractivity contribution in [3.05, 3.63) is 11.9 Å². The highest BCUT2D eigenvalue weighted by atomic mass is 15.1. The van der Waals surface area contributed by atoms with E-state index < -0.39 is 0 Å². The molecule has 2 N–H and O–H groups in total. The number of anilines is 2. The van der Waals surface area contributed by atoms with Crippen LogP contribution in [0.15, 0.2) is 6.07 Å². The van der Waals surface area contributed by atoms with Gasteiger partial charge in [0.25, 0.3) is 0 Å². The van der Waals surface area contributed by atoms with Crippen molar-refractivity contribution < 1.29 is 0 Å². The van der Waals surface area contributed by atoms with Crippen LogP contribution in [0, 0.1) is 0 Å². The standard InChI is InChI=1S/C16H28N4/c1-5-10-17-13-11-14(18-12-8-6-7-9-12)20-15(19-13)16(2,3)4/h11-12H,5-10H2,1-4H3,(H2,17,18,19,20). The van der Waals surface area contributed by atoms with Crippen molar-refractivity contribution in [2.45, 2.75) is 71.3 Å². The van der Waals surface area contributed by atoms with Crippen LogP contribution >= 0.6 is 0 Å². The second kappa shape index (κ2) is 6.42. The van der Waals surface area contributed by atoms with Crippen LogP contribution in [-0.4, -0.2) is 22.6 Å². The molecule has 0 aromatic carbocycles. The zero-order valence-electron chi connectivity index (χ0n) is 13.3. The van der Waals surface area contributed by atoms with E-state index in [9.17, 15) is 0 Å². The zero-order valence-corrected chi connectivity index (χ0v) is 13.3. The molecule has 0 saturated heterocycles. The Bertz CT molecular complexity index is 431. The molecule has 1 heterocycles. The fourth-order valence-corrected chi connectivity index (χ4v) is 2.48. The minimum absolute atomic E-state index is 0.0317. The first-order valence-electron chi connectivity index (χ1n) is 7.89. The summed E-state index contributed by atoms with van der Waals surface area (Å²) in [6, 6.07) is 2.63. The Hall–Kier alpha value is -1.32. The molecule has 0 aliphatic heterocycles. The van der Waals surface area contributed by atoms with Crippen LogP contribution in [-0.2, 0) is 5.41 Å². The average Bonchev–Trinajstić information content (AvgIpc) is 2.88. The Labute approximate surface area is 122 Å². The fraction of sp³-hybridized carbons (Fsp3) is 0.750. The Morgan fingerprint density at radius 2 is 1.80 bits per heavy atom. The Kier molecular flexibility index (Phi) is 4.84. The van der Waals surface area contributed by atoms with Crippen molar-refractivity contribution in [1.82, 2.24) is 9.97 Å². The van der Waals surface area contributed by atoms with Gasteiger partial charge in [0, 0.05) is 24.1 Å². The number of rotatable bonds is 5. The first-order valence-corrected chi connectivity index (χ1v) is 7.89. The summed E-state index contributed by atoms with van der Waals surface area (Å²) >= 11 is 0. The molecule has 1 aliphatic carbocycles. The summed E-state index contributed by atoms with van der Waals surface area (Å²) in [6.45, 7) is 9.59. The van der Waals surface area contributed by atoms with E-state index >= 15 is 0 Å². The third-order valence-corrected chi connectivity index (χ3v) is 3.66. The van der Waals surface area contributed by atoms with E-state index in [1.807, 2.05) is 6.07 Å². The topological polar surface area (TPSA) is 49.8 Å². The van der Waals surface area contributed by atoms with Gasteiger partial charge in [-0.25, -0.2) is 9.97 Å². The number of aromatic nitrogens is 2. The molecule has 0 atom stereocenters. The highest BCUT2D eigenvalue weighted by Crippen LogP contribution is 2.25. The minimum atomic E-state index is -0.0317. The minimum Gasteiger partial charge on any atom is -0.370 e. The lowest BCUT2D eigenvalue weighted by Crippen LogP contribution is -2.21. The summed E-state index contributed by atoms with van der Waals surface area (Å²) in [5, 5.41) is 6.96. The summed E-state index contributed by atoms with van der Waals surface area (Å²) in [5.41, 5.74) is -0.0317. The molecule has 4 heteroatoms. The summed E-state index contributed by atoms with van der Waals surface area (Å²) in [5.74, 6) is 2.81. The Morgan fingerprint density at radius 3 is 2.40 bits per heavy atom. The molecule has 4 nitrogen and oxygen atoms in total. The van der Waals surface area contributed by atoms with Gasteiger partial charge in [-0.3, -0.25) is 0 Å². The normalized spacial score (nSPS) is 16.4. The molecule has 1 aromatic heterocycles. The second-order valence-electron chi connectivity index (χ2n) is 6.76. The van der Waals surface area contributed by atoms with Crippen LogP contribution in [0.1, 0.15) is 65.6 Å². The summed E-state index contributed by atoms with van der Waals surface area (Å²) < 4.78 is 0. The number of hydrogen-bond acceptors (Lipinski definition) is 4. The average molecular weight is 276 g/mol.